The van der Waals surface area contributed by atoms with Gasteiger partial charge in [0.05, 0.1) is 18.8 Å². The molecule has 0 aromatic heterocycles. The number of aliphatic hydroxyl groups is 1. The van der Waals surface area contributed by atoms with Crippen LogP contribution in [0.3, 0.4) is 0 Å². The van der Waals surface area contributed by atoms with Crippen LogP contribution >= 0.6 is 0 Å². The highest BCUT2D eigenvalue weighted by Gasteiger charge is 2.24. The second kappa shape index (κ2) is 7.70. The summed E-state index contributed by atoms with van der Waals surface area (Å²) in [5, 5.41) is 10.0. The quantitative estimate of drug-likeness (QED) is 0.850. The van der Waals surface area contributed by atoms with Crippen molar-refractivity contribution >= 4 is 5.97 Å². The van der Waals surface area contributed by atoms with Gasteiger partial charge in [-0.25, -0.2) is 9.18 Å². The van der Waals surface area contributed by atoms with Crippen LogP contribution in [0, 0.1) is 11.7 Å². The average Bonchev–Trinajstić information content (AvgIpc) is 2.51. The minimum absolute atomic E-state index is 0.241. The molecule has 0 radical (unpaired) electrons. The van der Waals surface area contributed by atoms with E-state index in [9.17, 15) is 14.3 Å². The summed E-state index contributed by atoms with van der Waals surface area (Å²) in [6.07, 6.45) is 3.82. The largest absolute Gasteiger partial charge is 0.465 e. The summed E-state index contributed by atoms with van der Waals surface area (Å²) in [5.41, 5.74) is 0.820. The van der Waals surface area contributed by atoms with E-state index in [-0.39, 0.29) is 17.8 Å². The SMILES string of the molecule is COC(=O)c1ccc(F)c(CN(C)CC2CCCCC2O)c1. The molecule has 1 aliphatic rings. The highest BCUT2D eigenvalue weighted by atomic mass is 19.1. The monoisotopic (exact) mass is 309 g/mol. The fraction of sp³-hybridized carbons (Fsp3) is 0.588. The molecule has 0 aliphatic heterocycles. The number of halogens is 1. The lowest BCUT2D eigenvalue weighted by molar-refractivity contribution is 0.0500. The Bertz CT molecular complexity index is 521. The van der Waals surface area contributed by atoms with Gasteiger partial charge in [-0.3, -0.25) is 0 Å². The lowest BCUT2D eigenvalue weighted by Gasteiger charge is -2.31. The molecule has 4 nitrogen and oxygen atoms in total. The number of rotatable bonds is 5. The van der Waals surface area contributed by atoms with Crippen molar-refractivity contribution in [3.05, 3.63) is 35.1 Å². The van der Waals surface area contributed by atoms with Gasteiger partial charge in [0.1, 0.15) is 5.82 Å². The first-order chi connectivity index (χ1) is 10.5. The average molecular weight is 309 g/mol. The van der Waals surface area contributed by atoms with Crippen molar-refractivity contribution in [1.29, 1.82) is 0 Å². The van der Waals surface area contributed by atoms with Gasteiger partial charge in [-0.15, -0.1) is 0 Å². The second-order valence-electron chi connectivity index (χ2n) is 6.11. The van der Waals surface area contributed by atoms with E-state index in [0.717, 1.165) is 32.2 Å². The molecule has 0 saturated heterocycles. The van der Waals surface area contributed by atoms with E-state index < -0.39 is 5.97 Å². The highest BCUT2D eigenvalue weighted by molar-refractivity contribution is 5.89. The number of carbonyl (C=O) groups is 1. The zero-order valence-corrected chi connectivity index (χ0v) is 13.2. The standard InChI is InChI=1S/C17H24FNO3/c1-19(10-13-5-3-4-6-16(13)20)11-14-9-12(17(21)22-2)7-8-15(14)18/h7-9,13,16,20H,3-6,10-11H2,1-2H3. The molecule has 2 atom stereocenters. The topological polar surface area (TPSA) is 49.8 Å². The molecule has 1 aromatic carbocycles. The fourth-order valence-electron chi connectivity index (χ4n) is 3.10. The van der Waals surface area contributed by atoms with Crippen molar-refractivity contribution in [2.24, 2.45) is 5.92 Å². The van der Waals surface area contributed by atoms with E-state index in [1.54, 1.807) is 0 Å². The molecule has 122 valence electrons. The number of hydrogen-bond acceptors (Lipinski definition) is 4. The number of esters is 1. The van der Waals surface area contributed by atoms with Crippen LogP contribution in [-0.2, 0) is 11.3 Å². The molecule has 1 fully saturated rings. The summed E-state index contributed by atoms with van der Waals surface area (Å²) >= 11 is 0. The minimum Gasteiger partial charge on any atom is -0.465 e. The van der Waals surface area contributed by atoms with Crippen molar-refractivity contribution in [1.82, 2.24) is 4.90 Å². The minimum atomic E-state index is -0.466. The molecule has 2 rings (SSSR count). The van der Waals surface area contributed by atoms with Crippen LogP contribution in [0.15, 0.2) is 18.2 Å². The van der Waals surface area contributed by atoms with Gasteiger partial charge in [0.2, 0.25) is 0 Å². The van der Waals surface area contributed by atoms with Crippen molar-refractivity contribution in [2.45, 2.75) is 38.3 Å². The van der Waals surface area contributed by atoms with Crippen LogP contribution in [0.4, 0.5) is 4.39 Å². The molecule has 1 saturated carbocycles. The Morgan fingerprint density at radius 1 is 1.41 bits per heavy atom. The molecule has 0 heterocycles. The molecular weight excluding hydrogens is 285 g/mol. The predicted molar refractivity (Wildman–Crippen MR) is 82.0 cm³/mol. The van der Waals surface area contributed by atoms with Crippen LogP contribution in [0.25, 0.3) is 0 Å². The molecular formula is C17H24FNO3. The molecule has 1 aliphatic carbocycles. The van der Waals surface area contributed by atoms with Crippen molar-refractivity contribution in [3.8, 4) is 0 Å². The predicted octanol–water partition coefficient (Wildman–Crippen LogP) is 2.60. The van der Waals surface area contributed by atoms with Gasteiger partial charge in [0.25, 0.3) is 0 Å². The normalized spacial score (nSPS) is 21.9. The molecule has 2 unspecified atom stereocenters. The van der Waals surface area contributed by atoms with Gasteiger partial charge in [-0.2, -0.15) is 0 Å². The van der Waals surface area contributed by atoms with Crippen LogP contribution < -0.4 is 0 Å². The van der Waals surface area contributed by atoms with Crippen molar-refractivity contribution in [3.63, 3.8) is 0 Å². The summed E-state index contributed by atoms with van der Waals surface area (Å²) < 4.78 is 18.6. The Balaban J connectivity index is 2.01. The summed E-state index contributed by atoms with van der Waals surface area (Å²) in [6.45, 7) is 1.13. The highest BCUT2D eigenvalue weighted by Crippen LogP contribution is 2.25. The molecule has 0 spiro atoms. The van der Waals surface area contributed by atoms with Crippen LogP contribution in [-0.4, -0.2) is 42.8 Å². The number of ether oxygens (including phenoxy) is 1. The third-order valence-electron chi connectivity index (χ3n) is 4.32. The second-order valence-corrected chi connectivity index (χ2v) is 6.11. The molecule has 0 bridgehead atoms. The van der Waals surface area contributed by atoms with E-state index >= 15 is 0 Å². The Hall–Kier alpha value is -1.46. The first-order valence-corrected chi connectivity index (χ1v) is 7.74. The maximum atomic E-state index is 13.9. The summed E-state index contributed by atoms with van der Waals surface area (Å²) in [6, 6.07) is 4.26. The van der Waals surface area contributed by atoms with Gasteiger partial charge in [-0.1, -0.05) is 12.8 Å². The van der Waals surface area contributed by atoms with E-state index in [0.29, 0.717) is 17.7 Å². The zero-order chi connectivity index (χ0) is 16.1. The van der Waals surface area contributed by atoms with Crippen LogP contribution in [0.1, 0.15) is 41.6 Å². The Kier molecular flexibility index (Phi) is 5.91. The lowest BCUT2D eigenvalue weighted by Crippen LogP contribution is -2.34. The van der Waals surface area contributed by atoms with E-state index in [4.69, 9.17) is 0 Å². The third kappa shape index (κ3) is 4.27. The van der Waals surface area contributed by atoms with Crippen molar-refractivity contribution < 1.29 is 19.0 Å². The first-order valence-electron chi connectivity index (χ1n) is 7.74. The Morgan fingerprint density at radius 2 is 2.14 bits per heavy atom. The van der Waals surface area contributed by atoms with Gasteiger partial charge in [0, 0.05) is 18.7 Å². The number of aliphatic hydroxyl groups excluding tert-OH is 1. The number of carbonyl (C=O) groups excluding carboxylic acids is 1. The van der Waals surface area contributed by atoms with Gasteiger partial charge >= 0.3 is 5.97 Å². The molecule has 5 heteroatoms. The molecule has 0 amide bonds. The maximum Gasteiger partial charge on any atom is 0.337 e. The number of nitrogens with zero attached hydrogens (tertiary/aromatic N) is 1. The summed E-state index contributed by atoms with van der Waals surface area (Å²) in [5.74, 6) is -0.555. The van der Waals surface area contributed by atoms with Crippen LogP contribution in [0.2, 0.25) is 0 Å². The van der Waals surface area contributed by atoms with E-state index in [2.05, 4.69) is 4.74 Å². The van der Waals surface area contributed by atoms with Gasteiger partial charge in [0.15, 0.2) is 0 Å². The number of hydrogen-bond donors (Lipinski definition) is 1. The van der Waals surface area contributed by atoms with Crippen LogP contribution in [0.5, 0.6) is 0 Å². The Morgan fingerprint density at radius 3 is 2.82 bits per heavy atom. The van der Waals surface area contributed by atoms with Gasteiger partial charge in [-0.05, 0) is 44.0 Å². The number of methoxy groups -OCH3 is 1. The maximum absolute atomic E-state index is 13.9. The van der Waals surface area contributed by atoms with E-state index in [1.165, 1.54) is 25.3 Å². The molecule has 22 heavy (non-hydrogen) atoms. The fourth-order valence-corrected chi connectivity index (χ4v) is 3.10. The smallest absolute Gasteiger partial charge is 0.337 e. The lowest BCUT2D eigenvalue weighted by atomic mass is 9.86. The van der Waals surface area contributed by atoms with E-state index in [1.807, 2.05) is 11.9 Å². The summed E-state index contributed by atoms with van der Waals surface area (Å²) in [7, 11) is 3.22. The zero-order valence-electron chi connectivity index (χ0n) is 13.2. The Labute approximate surface area is 130 Å². The number of benzene rings is 1. The third-order valence-corrected chi connectivity index (χ3v) is 4.32. The van der Waals surface area contributed by atoms with Gasteiger partial charge < -0.3 is 14.7 Å². The van der Waals surface area contributed by atoms with Crippen molar-refractivity contribution in [2.75, 3.05) is 20.7 Å². The molecule has 1 aromatic rings. The molecule has 1 N–H and O–H groups in total. The summed E-state index contributed by atoms with van der Waals surface area (Å²) in [4.78, 5) is 13.5. The first kappa shape index (κ1) is 16.9.